The molecule has 0 spiro atoms. The first kappa shape index (κ1) is 16.9. The van der Waals surface area contributed by atoms with Crippen molar-refractivity contribution in [2.24, 2.45) is 11.3 Å². The van der Waals surface area contributed by atoms with Crippen molar-refractivity contribution >= 4 is 5.91 Å². The number of aliphatic hydroxyl groups excluding tert-OH is 1. The smallest absolute Gasteiger partial charge is 0.223 e. The molecule has 1 aliphatic carbocycles. The van der Waals surface area contributed by atoms with Crippen LogP contribution in [-0.2, 0) is 4.79 Å². The second-order valence-electron chi connectivity index (χ2n) is 6.83. The van der Waals surface area contributed by atoms with Gasteiger partial charge in [-0.15, -0.1) is 0 Å². The predicted molar refractivity (Wildman–Crippen MR) is 80.3 cm³/mol. The summed E-state index contributed by atoms with van der Waals surface area (Å²) in [7, 11) is 0. The van der Waals surface area contributed by atoms with Crippen molar-refractivity contribution in [3.63, 3.8) is 0 Å². The summed E-state index contributed by atoms with van der Waals surface area (Å²) in [6, 6.07) is 3.51. The van der Waals surface area contributed by atoms with Gasteiger partial charge in [0.1, 0.15) is 11.6 Å². The quantitative estimate of drug-likeness (QED) is 0.761. The molecule has 1 aliphatic rings. The van der Waals surface area contributed by atoms with Crippen molar-refractivity contribution in [2.75, 3.05) is 13.2 Å². The Balaban J connectivity index is 1.76. The van der Waals surface area contributed by atoms with Crippen LogP contribution in [0.2, 0.25) is 0 Å². The predicted octanol–water partition coefficient (Wildman–Crippen LogP) is 2.98. The third kappa shape index (κ3) is 4.26. The molecule has 1 aromatic rings. The number of aliphatic hydroxyl groups is 1. The average Bonchev–Trinajstić information content (AvgIpc) is 3.24. The first-order chi connectivity index (χ1) is 10.3. The Kier molecular flexibility index (Phi) is 5.16. The number of carbonyl (C=O) groups is 1. The van der Waals surface area contributed by atoms with Gasteiger partial charge in [-0.2, -0.15) is 0 Å². The summed E-state index contributed by atoms with van der Waals surface area (Å²) in [6.45, 7) is 4.62. The van der Waals surface area contributed by atoms with Gasteiger partial charge in [0.05, 0.1) is 0 Å². The number of hydrogen-bond donors (Lipinski definition) is 2. The fourth-order valence-corrected chi connectivity index (χ4v) is 2.62. The Morgan fingerprint density at radius 2 is 2.14 bits per heavy atom. The Bertz CT molecular complexity index is 545. The highest BCUT2D eigenvalue weighted by Gasteiger charge is 2.45. The van der Waals surface area contributed by atoms with Gasteiger partial charge in [0.2, 0.25) is 5.91 Å². The zero-order valence-corrected chi connectivity index (χ0v) is 13.0. The number of halogens is 2. The lowest BCUT2D eigenvalue weighted by atomic mass is 9.89. The summed E-state index contributed by atoms with van der Waals surface area (Å²) in [5.74, 6) is -1.62. The molecule has 3 nitrogen and oxygen atoms in total. The molecule has 1 amide bonds. The molecule has 122 valence electrons. The van der Waals surface area contributed by atoms with E-state index in [1.54, 1.807) is 0 Å². The second-order valence-corrected chi connectivity index (χ2v) is 6.83. The second kappa shape index (κ2) is 6.73. The Morgan fingerprint density at radius 1 is 1.41 bits per heavy atom. The minimum Gasteiger partial charge on any atom is -0.396 e. The normalized spacial score (nSPS) is 20.8. The minimum atomic E-state index is -0.602. The summed E-state index contributed by atoms with van der Waals surface area (Å²) >= 11 is 0. The van der Waals surface area contributed by atoms with E-state index >= 15 is 0 Å². The van der Waals surface area contributed by atoms with Gasteiger partial charge < -0.3 is 10.4 Å². The summed E-state index contributed by atoms with van der Waals surface area (Å²) in [6.07, 6.45) is 2.22. The lowest BCUT2D eigenvalue weighted by Gasteiger charge is -2.21. The summed E-state index contributed by atoms with van der Waals surface area (Å²) < 4.78 is 26.5. The highest BCUT2D eigenvalue weighted by molar-refractivity contribution is 5.82. The lowest BCUT2D eigenvalue weighted by Crippen LogP contribution is -2.28. The van der Waals surface area contributed by atoms with Gasteiger partial charge in [0, 0.05) is 25.1 Å². The van der Waals surface area contributed by atoms with Crippen LogP contribution in [0, 0.1) is 23.0 Å². The topological polar surface area (TPSA) is 49.3 Å². The van der Waals surface area contributed by atoms with E-state index in [-0.39, 0.29) is 29.8 Å². The molecule has 0 radical (unpaired) electrons. The highest BCUT2D eigenvalue weighted by Crippen LogP contribution is 2.48. The molecule has 2 rings (SSSR count). The van der Waals surface area contributed by atoms with Crippen LogP contribution in [0.15, 0.2) is 18.2 Å². The highest BCUT2D eigenvalue weighted by atomic mass is 19.1. The van der Waals surface area contributed by atoms with Crippen molar-refractivity contribution < 1.29 is 18.7 Å². The fraction of sp³-hybridized carbons (Fsp3) is 0.588. The van der Waals surface area contributed by atoms with E-state index < -0.39 is 11.6 Å². The molecule has 2 N–H and O–H groups in total. The third-order valence-electron chi connectivity index (χ3n) is 4.25. The molecular weight excluding hydrogens is 288 g/mol. The van der Waals surface area contributed by atoms with E-state index in [9.17, 15) is 13.6 Å². The Morgan fingerprint density at radius 3 is 2.77 bits per heavy atom. The van der Waals surface area contributed by atoms with Crippen LogP contribution >= 0.6 is 0 Å². The number of benzene rings is 1. The largest absolute Gasteiger partial charge is 0.396 e. The van der Waals surface area contributed by atoms with Crippen LogP contribution in [0.1, 0.15) is 44.6 Å². The van der Waals surface area contributed by atoms with Gasteiger partial charge in [-0.1, -0.05) is 19.9 Å². The summed E-state index contributed by atoms with van der Waals surface area (Å²) in [5, 5.41) is 12.0. The first-order valence-electron chi connectivity index (χ1n) is 7.67. The number of rotatable bonds is 7. The van der Waals surface area contributed by atoms with Gasteiger partial charge in [-0.3, -0.25) is 4.79 Å². The van der Waals surface area contributed by atoms with Crippen molar-refractivity contribution in [3.05, 3.63) is 35.4 Å². The molecule has 1 aromatic carbocycles. The van der Waals surface area contributed by atoms with E-state index in [1.807, 2.05) is 13.8 Å². The van der Waals surface area contributed by atoms with Crippen LogP contribution in [0.25, 0.3) is 0 Å². The molecule has 5 heteroatoms. The monoisotopic (exact) mass is 311 g/mol. The van der Waals surface area contributed by atoms with E-state index in [0.717, 1.165) is 18.9 Å². The van der Waals surface area contributed by atoms with Crippen LogP contribution in [0.4, 0.5) is 8.78 Å². The lowest BCUT2D eigenvalue weighted by molar-refractivity contribution is -0.122. The maximum Gasteiger partial charge on any atom is 0.223 e. The van der Waals surface area contributed by atoms with Gasteiger partial charge in [-0.25, -0.2) is 8.78 Å². The van der Waals surface area contributed by atoms with Crippen molar-refractivity contribution in [1.29, 1.82) is 0 Å². The minimum absolute atomic E-state index is 0.0736. The maximum atomic E-state index is 13.7. The molecule has 0 heterocycles. The zero-order chi connectivity index (χ0) is 16.3. The number of hydrogen-bond acceptors (Lipinski definition) is 2. The van der Waals surface area contributed by atoms with Crippen molar-refractivity contribution in [3.8, 4) is 0 Å². The van der Waals surface area contributed by atoms with Gasteiger partial charge in [-0.05, 0) is 42.2 Å². The Labute approximate surface area is 129 Å². The summed E-state index contributed by atoms with van der Waals surface area (Å²) in [4.78, 5) is 12.0. The zero-order valence-electron chi connectivity index (χ0n) is 13.0. The molecule has 0 saturated heterocycles. The van der Waals surface area contributed by atoms with E-state index in [1.165, 1.54) is 12.1 Å². The number of carbonyl (C=O) groups excluding carboxylic acids is 1. The summed E-state index contributed by atoms with van der Waals surface area (Å²) in [5.41, 5.74) is 0.285. The molecule has 2 atom stereocenters. The molecule has 0 bridgehead atoms. The van der Waals surface area contributed by atoms with Gasteiger partial charge in [0.15, 0.2) is 0 Å². The van der Waals surface area contributed by atoms with Crippen LogP contribution in [-0.4, -0.2) is 24.2 Å². The Hall–Kier alpha value is -1.49. The standard InChI is InChI=1S/C17H23F2NO2/c1-17(2,10-21)6-3-7-20-16(22)14-9-13(14)12-5-4-11(18)8-15(12)19/h4-5,8,13-14,21H,3,6-7,9-10H2,1-2H3,(H,20,22). The molecular formula is C17H23F2NO2. The van der Waals surface area contributed by atoms with Crippen LogP contribution in [0.5, 0.6) is 0 Å². The fourth-order valence-electron chi connectivity index (χ4n) is 2.62. The maximum absolute atomic E-state index is 13.7. The first-order valence-corrected chi connectivity index (χ1v) is 7.67. The van der Waals surface area contributed by atoms with Crippen molar-refractivity contribution in [2.45, 2.75) is 39.0 Å². The molecule has 1 fully saturated rings. The van der Waals surface area contributed by atoms with Crippen molar-refractivity contribution in [1.82, 2.24) is 5.32 Å². The molecule has 0 aromatic heterocycles. The average molecular weight is 311 g/mol. The van der Waals surface area contributed by atoms with Crippen LogP contribution < -0.4 is 5.32 Å². The SMILES string of the molecule is CC(C)(CO)CCCNC(=O)C1CC1c1ccc(F)cc1F. The molecule has 2 unspecified atom stereocenters. The van der Waals surface area contributed by atoms with E-state index in [2.05, 4.69) is 5.32 Å². The number of amides is 1. The molecule has 1 saturated carbocycles. The van der Waals surface area contributed by atoms with E-state index in [0.29, 0.717) is 18.5 Å². The van der Waals surface area contributed by atoms with E-state index in [4.69, 9.17) is 5.11 Å². The number of nitrogens with one attached hydrogen (secondary N) is 1. The third-order valence-corrected chi connectivity index (χ3v) is 4.25. The molecule has 0 aliphatic heterocycles. The molecule has 22 heavy (non-hydrogen) atoms. The van der Waals surface area contributed by atoms with Gasteiger partial charge in [0.25, 0.3) is 0 Å². The van der Waals surface area contributed by atoms with Crippen LogP contribution in [0.3, 0.4) is 0 Å². The van der Waals surface area contributed by atoms with Gasteiger partial charge >= 0.3 is 0 Å².